The lowest BCUT2D eigenvalue weighted by Gasteiger charge is -2.03. The second-order valence-corrected chi connectivity index (χ2v) is 3.92. The molecule has 0 unspecified atom stereocenters. The van der Waals surface area contributed by atoms with Crippen LogP contribution in [0.1, 0.15) is 16.7 Å². The zero-order valence-electron chi connectivity index (χ0n) is 10.6. The van der Waals surface area contributed by atoms with E-state index in [1.807, 2.05) is 38.1 Å². The van der Waals surface area contributed by atoms with E-state index in [9.17, 15) is 4.79 Å². The largest absolute Gasteiger partial charge is 0.457 e. The van der Waals surface area contributed by atoms with Gasteiger partial charge >= 0.3 is 5.97 Å². The highest BCUT2D eigenvalue weighted by molar-refractivity contribution is 5.98. The number of aryl methyl sites for hydroxylation is 2. The van der Waals surface area contributed by atoms with Crippen LogP contribution in [0.4, 0.5) is 0 Å². The van der Waals surface area contributed by atoms with Gasteiger partial charge in [0.1, 0.15) is 18.2 Å². The third-order valence-corrected chi connectivity index (χ3v) is 2.40. The van der Waals surface area contributed by atoms with Crippen LogP contribution in [0.25, 0.3) is 6.08 Å². The summed E-state index contributed by atoms with van der Waals surface area (Å²) in [5.41, 5.74) is 2.98. The van der Waals surface area contributed by atoms with E-state index >= 15 is 0 Å². The molecule has 0 spiro atoms. The number of carbonyl (C=O) groups excluding carboxylic acids is 1. The number of hydrogen-bond donors (Lipinski definition) is 0. The summed E-state index contributed by atoms with van der Waals surface area (Å²) in [6.45, 7) is 7.47. The molecule has 3 nitrogen and oxygen atoms in total. The molecule has 0 amide bonds. The average Bonchev–Trinajstić information content (AvgIpc) is 2.35. The molecule has 18 heavy (non-hydrogen) atoms. The van der Waals surface area contributed by atoms with Gasteiger partial charge in [0.25, 0.3) is 0 Å². The van der Waals surface area contributed by atoms with Gasteiger partial charge in [0, 0.05) is 0 Å². The van der Waals surface area contributed by atoms with Crippen molar-refractivity contribution in [3.8, 4) is 6.07 Å². The Bertz CT molecular complexity index is 536. The predicted molar refractivity (Wildman–Crippen MR) is 70.7 cm³/mol. The van der Waals surface area contributed by atoms with Gasteiger partial charge < -0.3 is 4.74 Å². The van der Waals surface area contributed by atoms with Crippen LogP contribution in [-0.4, -0.2) is 12.6 Å². The van der Waals surface area contributed by atoms with Gasteiger partial charge in [-0.1, -0.05) is 36.4 Å². The highest BCUT2D eigenvalue weighted by atomic mass is 16.5. The van der Waals surface area contributed by atoms with Gasteiger partial charge in [0.05, 0.1) is 0 Å². The Morgan fingerprint density at radius 1 is 1.50 bits per heavy atom. The van der Waals surface area contributed by atoms with Gasteiger partial charge in [-0.25, -0.2) is 4.79 Å². The van der Waals surface area contributed by atoms with Crippen LogP contribution < -0.4 is 0 Å². The molecule has 0 N–H and O–H groups in total. The summed E-state index contributed by atoms with van der Waals surface area (Å²) in [6.07, 6.45) is 3.00. The molecule has 0 heterocycles. The van der Waals surface area contributed by atoms with E-state index < -0.39 is 5.97 Å². The summed E-state index contributed by atoms with van der Waals surface area (Å²) in [5.74, 6) is -0.627. The van der Waals surface area contributed by atoms with Crippen molar-refractivity contribution >= 4 is 12.0 Å². The smallest absolute Gasteiger partial charge is 0.349 e. The lowest BCUT2D eigenvalue weighted by atomic mass is 10.0. The zero-order valence-corrected chi connectivity index (χ0v) is 10.6. The first kappa shape index (κ1) is 13.7. The Morgan fingerprint density at radius 3 is 2.78 bits per heavy atom. The van der Waals surface area contributed by atoms with Crippen molar-refractivity contribution in [2.75, 3.05) is 6.61 Å². The van der Waals surface area contributed by atoms with Gasteiger partial charge in [-0.05, 0) is 31.1 Å². The van der Waals surface area contributed by atoms with Crippen LogP contribution in [0.15, 0.2) is 36.4 Å². The number of ether oxygens (including phenoxy) is 1. The van der Waals surface area contributed by atoms with Crippen molar-refractivity contribution < 1.29 is 9.53 Å². The molecule has 1 aromatic carbocycles. The number of rotatable bonds is 4. The summed E-state index contributed by atoms with van der Waals surface area (Å²) in [4.78, 5) is 11.6. The van der Waals surface area contributed by atoms with E-state index in [-0.39, 0.29) is 12.2 Å². The first-order valence-electron chi connectivity index (χ1n) is 5.55. The van der Waals surface area contributed by atoms with Crippen LogP contribution in [-0.2, 0) is 9.53 Å². The fourth-order valence-corrected chi connectivity index (χ4v) is 1.49. The Hall–Kier alpha value is -2.34. The van der Waals surface area contributed by atoms with E-state index in [2.05, 4.69) is 6.58 Å². The van der Waals surface area contributed by atoms with Crippen molar-refractivity contribution in [2.45, 2.75) is 13.8 Å². The van der Waals surface area contributed by atoms with Crippen LogP contribution in [0.5, 0.6) is 0 Å². The minimum absolute atomic E-state index is 0.0104. The molecule has 0 radical (unpaired) electrons. The molecule has 0 aliphatic heterocycles. The van der Waals surface area contributed by atoms with Crippen molar-refractivity contribution in [3.63, 3.8) is 0 Å². The molecule has 0 saturated heterocycles. The molecule has 0 aliphatic rings. The molecule has 92 valence electrons. The van der Waals surface area contributed by atoms with Gasteiger partial charge in [-0.3, -0.25) is 0 Å². The number of hydrogen-bond acceptors (Lipinski definition) is 3. The third-order valence-electron chi connectivity index (χ3n) is 2.40. The summed E-state index contributed by atoms with van der Waals surface area (Å²) < 4.78 is 4.83. The molecule has 0 saturated carbocycles. The molecule has 1 rings (SSSR count). The molecule has 0 fully saturated rings. The molecule has 3 heteroatoms. The summed E-state index contributed by atoms with van der Waals surface area (Å²) in [6, 6.07) is 7.66. The van der Waals surface area contributed by atoms with E-state index in [1.54, 1.807) is 6.08 Å². The summed E-state index contributed by atoms with van der Waals surface area (Å²) in [7, 11) is 0. The molecule has 0 atom stereocenters. The Balaban J connectivity index is 3.01. The van der Waals surface area contributed by atoms with Gasteiger partial charge in [0.2, 0.25) is 0 Å². The fourth-order valence-electron chi connectivity index (χ4n) is 1.49. The van der Waals surface area contributed by atoms with Crippen LogP contribution in [0.2, 0.25) is 0 Å². The zero-order chi connectivity index (χ0) is 13.5. The highest BCUT2D eigenvalue weighted by Crippen LogP contribution is 2.14. The lowest BCUT2D eigenvalue weighted by molar-refractivity contribution is -0.137. The van der Waals surface area contributed by atoms with E-state index in [1.165, 1.54) is 6.08 Å². The van der Waals surface area contributed by atoms with Crippen molar-refractivity contribution in [3.05, 3.63) is 53.1 Å². The van der Waals surface area contributed by atoms with E-state index in [4.69, 9.17) is 10.00 Å². The monoisotopic (exact) mass is 241 g/mol. The van der Waals surface area contributed by atoms with Crippen molar-refractivity contribution in [1.82, 2.24) is 0 Å². The minimum Gasteiger partial charge on any atom is -0.457 e. The Morgan fingerprint density at radius 2 is 2.22 bits per heavy atom. The fraction of sp³-hybridized carbons (Fsp3) is 0.200. The van der Waals surface area contributed by atoms with Crippen molar-refractivity contribution in [2.24, 2.45) is 0 Å². The quantitative estimate of drug-likeness (QED) is 0.352. The van der Waals surface area contributed by atoms with Crippen LogP contribution >= 0.6 is 0 Å². The van der Waals surface area contributed by atoms with Gasteiger partial charge in [0.15, 0.2) is 0 Å². The molecular formula is C15H15NO2. The highest BCUT2D eigenvalue weighted by Gasteiger charge is 2.10. The molecule has 1 aromatic rings. The maximum atomic E-state index is 11.6. The summed E-state index contributed by atoms with van der Waals surface area (Å²) >= 11 is 0. The maximum Gasteiger partial charge on any atom is 0.349 e. The SMILES string of the molecule is C=CCOC(=O)/C(C#N)=C\c1ccc(C)cc1C. The number of carbonyl (C=O) groups is 1. The first-order chi connectivity index (χ1) is 8.58. The number of benzene rings is 1. The van der Waals surface area contributed by atoms with E-state index in [0.717, 1.165) is 16.7 Å². The second-order valence-electron chi connectivity index (χ2n) is 3.92. The Labute approximate surface area is 107 Å². The van der Waals surface area contributed by atoms with Gasteiger partial charge in [-0.2, -0.15) is 5.26 Å². The maximum absolute atomic E-state index is 11.6. The van der Waals surface area contributed by atoms with Crippen LogP contribution in [0.3, 0.4) is 0 Å². The lowest BCUT2D eigenvalue weighted by Crippen LogP contribution is -2.06. The van der Waals surface area contributed by atoms with Gasteiger partial charge in [-0.15, -0.1) is 0 Å². The standard InChI is InChI=1S/C15H15NO2/c1-4-7-18-15(17)14(10-16)9-13-6-5-11(2)8-12(13)3/h4-6,8-9H,1,7H2,2-3H3/b14-9-. The molecule has 0 bridgehead atoms. The number of nitriles is 1. The minimum atomic E-state index is -0.627. The molecular weight excluding hydrogens is 226 g/mol. The topological polar surface area (TPSA) is 50.1 Å². The Kier molecular flexibility index (Phi) is 4.89. The van der Waals surface area contributed by atoms with Crippen molar-refractivity contribution in [1.29, 1.82) is 5.26 Å². The normalized spacial score (nSPS) is 10.6. The number of nitrogens with zero attached hydrogens (tertiary/aromatic N) is 1. The first-order valence-corrected chi connectivity index (χ1v) is 5.55. The number of esters is 1. The third kappa shape index (κ3) is 3.60. The average molecular weight is 241 g/mol. The molecule has 0 aromatic heterocycles. The van der Waals surface area contributed by atoms with Crippen LogP contribution in [0, 0.1) is 25.2 Å². The second kappa shape index (κ2) is 6.41. The summed E-state index contributed by atoms with van der Waals surface area (Å²) in [5, 5.41) is 8.96. The molecule has 0 aliphatic carbocycles. The van der Waals surface area contributed by atoms with E-state index in [0.29, 0.717) is 0 Å². The predicted octanol–water partition coefficient (Wildman–Crippen LogP) is 2.94.